The quantitative estimate of drug-likeness (QED) is 0.904. The number of halogens is 1. The van der Waals surface area contributed by atoms with Gasteiger partial charge in [-0.25, -0.2) is 0 Å². The van der Waals surface area contributed by atoms with Crippen molar-refractivity contribution < 1.29 is 4.21 Å². The highest BCUT2D eigenvalue weighted by Crippen LogP contribution is 2.15. The summed E-state index contributed by atoms with van der Waals surface area (Å²) in [4.78, 5) is 0.834. The second-order valence-corrected chi connectivity index (χ2v) is 5.58. The predicted molar refractivity (Wildman–Crippen MR) is 59.1 cm³/mol. The van der Waals surface area contributed by atoms with E-state index < -0.39 is 10.8 Å². The number of hydrogen-bond acceptors (Lipinski definition) is 2. The van der Waals surface area contributed by atoms with E-state index in [1.807, 2.05) is 31.2 Å². The Morgan fingerprint density at radius 2 is 2.00 bits per heavy atom. The lowest BCUT2D eigenvalue weighted by Gasteiger charge is -2.07. The summed E-state index contributed by atoms with van der Waals surface area (Å²) in [6, 6.07) is 7.48. The van der Waals surface area contributed by atoms with Crippen LogP contribution >= 0.6 is 15.9 Å². The molecule has 0 aliphatic heterocycles. The fraction of sp³-hybridized carbons (Fsp3) is 0.333. The molecule has 2 atom stereocenters. The molecule has 1 aromatic carbocycles. The Labute approximate surface area is 89.1 Å². The van der Waals surface area contributed by atoms with Gasteiger partial charge in [0.2, 0.25) is 0 Å². The van der Waals surface area contributed by atoms with E-state index in [4.69, 9.17) is 5.73 Å². The summed E-state index contributed by atoms with van der Waals surface area (Å²) < 4.78 is 12.7. The van der Waals surface area contributed by atoms with Crippen molar-refractivity contribution in [1.82, 2.24) is 0 Å². The summed E-state index contributed by atoms with van der Waals surface area (Å²) in [6.07, 6.45) is 0. The zero-order valence-corrected chi connectivity index (χ0v) is 9.77. The van der Waals surface area contributed by atoms with Crippen LogP contribution in [0.15, 0.2) is 33.6 Å². The third-order valence-electron chi connectivity index (χ3n) is 1.74. The highest BCUT2D eigenvalue weighted by molar-refractivity contribution is 9.10. The predicted octanol–water partition coefficient (Wildman–Crippen LogP) is 1.90. The summed E-state index contributed by atoms with van der Waals surface area (Å²) in [5.74, 6) is 0. The normalized spacial score (nSPS) is 15.3. The van der Waals surface area contributed by atoms with Gasteiger partial charge in [0.15, 0.2) is 0 Å². The molecule has 0 aliphatic carbocycles. The Kier molecular flexibility index (Phi) is 4.09. The zero-order chi connectivity index (χ0) is 9.84. The third-order valence-corrected chi connectivity index (χ3v) is 3.93. The van der Waals surface area contributed by atoms with Crippen LogP contribution in [0.3, 0.4) is 0 Å². The fourth-order valence-corrected chi connectivity index (χ4v) is 2.20. The minimum absolute atomic E-state index is 0.0150. The summed E-state index contributed by atoms with van der Waals surface area (Å²) in [5, 5.41) is 0.0150. The lowest BCUT2D eigenvalue weighted by Crippen LogP contribution is -2.21. The third kappa shape index (κ3) is 2.90. The highest BCUT2D eigenvalue weighted by Gasteiger charge is 2.10. The Hall–Kier alpha value is -0.190. The van der Waals surface area contributed by atoms with Crippen molar-refractivity contribution in [2.45, 2.75) is 17.1 Å². The van der Waals surface area contributed by atoms with Crippen LogP contribution in [-0.2, 0) is 10.8 Å². The maximum absolute atomic E-state index is 11.7. The molecule has 0 amide bonds. The van der Waals surface area contributed by atoms with Gasteiger partial charge in [-0.05, 0) is 31.2 Å². The van der Waals surface area contributed by atoms with Gasteiger partial charge in [0.25, 0.3) is 0 Å². The van der Waals surface area contributed by atoms with Gasteiger partial charge in [-0.2, -0.15) is 0 Å². The lowest BCUT2D eigenvalue weighted by molar-refractivity contribution is 0.673. The molecule has 0 spiro atoms. The van der Waals surface area contributed by atoms with Crippen LogP contribution in [-0.4, -0.2) is 16.0 Å². The average molecular weight is 262 g/mol. The molecule has 0 heterocycles. The zero-order valence-electron chi connectivity index (χ0n) is 7.37. The first-order valence-electron chi connectivity index (χ1n) is 4.01. The molecule has 0 aliphatic rings. The first-order valence-corrected chi connectivity index (χ1v) is 6.02. The van der Waals surface area contributed by atoms with Crippen molar-refractivity contribution in [2.24, 2.45) is 5.73 Å². The van der Waals surface area contributed by atoms with Crippen molar-refractivity contribution >= 4 is 26.7 Å². The summed E-state index contributed by atoms with van der Waals surface area (Å²) in [5.41, 5.74) is 5.44. The second-order valence-electron chi connectivity index (χ2n) is 2.80. The van der Waals surface area contributed by atoms with Crippen LogP contribution in [0.2, 0.25) is 0 Å². The van der Waals surface area contributed by atoms with Gasteiger partial charge in [0, 0.05) is 21.2 Å². The summed E-state index contributed by atoms with van der Waals surface area (Å²) in [6.45, 7) is 2.33. The van der Waals surface area contributed by atoms with Gasteiger partial charge < -0.3 is 5.73 Å². The fourth-order valence-electron chi connectivity index (χ4n) is 0.888. The smallest absolute Gasteiger partial charge is 0.0570 e. The number of benzene rings is 1. The lowest BCUT2D eigenvalue weighted by atomic mass is 10.4. The van der Waals surface area contributed by atoms with Gasteiger partial charge in [-0.15, -0.1) is 0 Å². The van der Waals surface area contributed by atoms with Crippen LogP contribution in [0, 0.1) is 0 Å². The molecule has 0 bridgehead atoms. The van der Waals surface area contributed by atoms with E-state index in [1.54, 1.807) is 0 Å². The van der Waals surface area contributed by atoms with E-state index in [-0.39, 0.29) is 5.25 Å². The van der Waals surface area contributed by atoms with E-state index >= 15 is 0 Å². The minimum Gasteiger partial charge on any atom is -0.329 e. The van der Waals surface area contributed by atoms with Gasteiger partial charge >= 0.3 is 0 Å². The Morgan fingerprint density at radius 3 is 2.46 bits per heavy atom. The van der Waals surface area contributed by atoms with Crippen molar-refractivity contribution in [3.63, 3.8) is 0 Å². The standard InChI is InChI=1S/C9H12BrNOS/c1-7(6-11)13(12)9-4-2-8(10)3-5-9/h2-5,7H,6,11H2,1H3. The van der Waals surface area contributed by atoms with Crippen LogP contribution in [0.5, 0.6) is 0 Å². The van der Waals surface area contributed by atoms with Crippen LogP contribution in [0.1, 0.15) is 6.92 Å². The molecule has 0 saturated heterocycles. The van der Waals surface area contributed by atoms with Gasteiger partial charge in [-0.1, -0.05) is 15.9 Å². The topological polar surface area (TPSA) is 43.1 Å². The van der Waals surface area contributed by atoms with Crippen LogP contribution in [0.25, 0.3) is 0 Å². The molecule has 2 N–H and O–H groups in total. The van der Waals surface area contributed by atoms with Crippen molar-refractivity contribution in [3.8, 4) is 0 Å². The molecule has 0 radical (unpaired) electrons. The number of rotatable bonds is 3. The molecule has 2 nitrogen and oxygen atoms in total. The number of hydrogen-bond donors (Lipinski definition) is 1. The average Bonchev–Trinajstić information content (AvgIpc) is 2.17. The van der Waals surface area contributed by atoms with Crippen LogP contribution in [0.4, 0.5) is 0 Å². The van der Waals surface area contributed by atoms with Gasteiger partial charge in [-0.3, -0.25) is 4.21 Å². The largest absolute Gasteiger partial charge is 0.329 e. The molecule has 1 rings (SSSR count). The molecule has 0 saturated carbocycles. The maximum atomic E-state index is 11.7. The molecule has 0 fully saturated rings. The molecule has 13 heavy (non-hydrogen) atoms. The van der Waals surface area contributed by atoms with E-state index in [1.165, 1.54) is 0 Å². The van der Waals surface area contributed by atoms with Gasteiger partial charge in [0.1, 0.15) is 0 Å². The van der Waals surface area contributed by atoms with E-state index in [2.05, 4.69) is 15.9 Å². The van der Waals surface area contributed by atoms with Gasteiger partial charge in [0.05, 0.1) is 10.8 Å². The van der Waals surface area contributed by atoms with Crippen molar-refractivity contribution in [2.75, 3.05) is 6.54 Å². The Morgan fingerprint density at radius 1 is 1.46 bits per heavy atom. The maximum Gasteiger partial charge on any atom is 0.0570 e. The molecular formula is C9H12BrNOS. The molecule has 1 aromatic rings. The Balaban J connectivity index is 2.83. The summed E-state index contributed by atoms with van der Waals surface area (Å²) >= 11 is 3.33. The SMILES string of the molecule is CC(CN)S(=O)c1ccc(Br)cc1. The van der Waals surface area contributed by atoms with E-state index in [0.717, 1.165) is 9.37 Å². The van der Waals surface area contributed by atoms with E-state index in [0.29, 0.717) is 6.54 Å². The molecule has 4 heteroatoms. The minimum atomic E-state index is -0.982. The monoisotopic (exact) mass is 261 g/mol. The molecule has 0 aromatic heterocycles. The van der Waals surface area contributed by atoms with Crippen molar-refractivity contribution in [1.29, 1.82) is 0 Å². The van der Waals surface area contributed by atoms with E-state index in [9.17, 15) is 4.21 Å². The first-order chi connectivity index (χ1) is 6.15. The molecular weight excluding hydrogens is 250 g/mol. The molecule has 2 unspecified atom stereocenters. The number of nitrogens with two attached hydrogens (primary N) is 1. The summed E-state index contributed by atoms with van der Waals surface area (Å²) in [7, 11) is -0.982. The van der Waals surface area contributed by atoms with Crippen molar-refractivity contribution in [3.05, 3.63) is 28.7 Å². The highest BCUT2D eigenvalue weighted by atomic mass is 79.9. The van der Waals surface area contributed by atoms with Crippen LogP contribution < -0.4 is 5.73 Å². The first kappa shape index (κ1) is 10.9. The molecule has 72 valence electrons. The Bertz CT molecular complexity index is 299. The second kappa shape index (κ2) is 4.88.